The van der Waals surface area contributed by atoms with Crippen molar-refractivity contribution < 1.29 is 4.79 Å². The molecule has 1 amide bonds. The van der Waals surface area contributed by atoms with E-state index in [-0.39, 0.29) is 5.91 Å². The highest BCUT2D eigenvalue weighted by Gasteiger charge is 2.29. The van der Waals surface area contributed by atoms with E-state index in [4.69, 9.17) is 5.73 Å². The first-order valence-corrected chi connectivity index (χ1v) is 5.88. The Kier molecular flexibility index (Phi) is 3.33. The van der Waals surface area contributed by atoms with Crippen molar-refractivity contribution in [2.45, 2.75) is 0 Å². The van der Waals surface area contributed by atoms with Crippen LogP contribution in [0.2, 0.25) is 0 Å². The molecule has 1 fully saturated rings. The number of nitrogens with zero attached hydrogens (tertiary/aromatic N) is 2. The van der Waals surface area contributed by atoms with Gasteiger partial charge in [0.1, 0.15) is 0 Å². The van der Waals surface area contributed by atoms with Crippen LogP contribution in [-0.2, 0) is 0 Å². The van der Waals surface area contributed by atoms with Crippen molar-refractivity contribution >= 4 is 11.6 Å². The number of nitrogens with two attached hydrogens (primary N) is 1. The van der Waals surface area contributed by atoms with E-state index < -0.39 is 0 Å². The number of hydrogen-bond donors (Lipinski definition) is 1. The maximum Gasteiger partial charge on any atom is 0.253 e. The van der Waals surface area contributed by atoms with E-state index in [1.807, 2.05) is 48.2 Å². The van der Waals surface area contributed by atoms with Crippen molar-refractivity contribution in [3.63, 3.8) is 0 Å². The molecule has 2 N–H and O–H groups in total. The monoisotopic (exact) mass is 233 g/mol. The fraction of sp³-hybridized carbons (Fsp3) is 0.462. The van der Waals surface area contributed by atoms with Crippen molar-refractivity contribution in [1.29, 1.82) is 0 Å². The lowest BCUT2D eigenvalue weighted by Crippen LogP contribution is -2.52. The van der Waals surface area contributed by atoms with Gasteiger partial charge in [-0.3, -0.25) is 4.79 Å². The van der Waals surface area contributed by atoms with Gasteiger partial charge in [0.05, 0.1) is 0 Å². The van der Waals surface area contributed by atoms with Gasteiger partial charge in [0.2, 0.25) is 0 Å². The lowest BCUT2D eigenvalue weighted by atomic mass is 9.99. The van der Waals surface area contributed by atoms with E-state index in [2.05, 4.69) is 0 Å². The van der Waals surface area contributed by atoms with Crippen LogP contribution < -0.4 is 10.6 Å². The molecule has 0 radical (unpaired) electrons. The molecule has 4 heteroatoms. The van der Waals surface area contributed by atoms with Gasteiger partial charge in [-0.1, -0.05) is 6.07 Å². The predicted molar refractivity (Wildman–Crippen MR) is 69.2 cm³/mol. The summed E-state index contributed by atoms with van der Waals surface area (Å²) in [6, 6.07) is 7.71. The van der Waals surface area contributed by atoms with Gasteiger partial charge in [-0.05, 0) is 24.7 Å². The maximum absolute atomic E-state index is 12.1. The zero-order valence-electron chi connectivity index (χ0n) is 10.4. The topological polar surface area (TPSA) is 49.6 Å². The quantitative estimate of drug-likeness (QED) is 0.839. The first kappa shape index (κ1) is 11.9. The lowest BCUT2D eigenvalue weighted by molar-refractivity contribution is 0.0515. The molecule has 92 valence electrons. The van der Waals surface area contributed by atoms with E-state index in [1.54, 1.807) is 0 Å². The minimum absolute atomic E-state index is 0.110. The molecule has 0 unspecified atom stereocenters. The molecule has 17 heavy (non-hydrogen) atoms. The molecule has 0 aliphatic carbocycles. The molecule has 0 saturated carbocycles. The van der Waals surface area contributed by atoms with Gasteiger partial charge < -0.3 is 15.5 Å². The van der Waals surface area contributed by atoms with E-state index in [1.165, 1.54) is 0 Å². The molecule has 0 atom stereocenters. The lowest BCUT2D eigenvalue weighted by Gasteiger charge is -2.38. The second kappa shape index (κ2) is 4.75. The predicted octanol–water partition coefficient (Wildman–Crippen LogP) is 0.783. The van der Waals surface area contributed by atoms with Crippen LogP contribution >= 0.6 is 0 Å². The van der Waals surface area contributed by atoms with Crippen LogP contribution in [0.5, 0.6) is 0 Å². The molecule has 2 rings (SSSR count). The molecule has 1 aliphatic rings. The summed E-state index contributed by atoms with van der Waals surface area (Å²) >= 11 is 0. The fourth-order valence-corrected chi connectivity index (χ4v) is 1.98. The highest BCUT2D eigenvalue weighted by Crippen LogP contribution is 2.20. The summed E-state index contributed by atoms with van der Waals surface area (Å²) in [5.41, 5.74) is 7.36. The molecular formula is C13H19N3O. The minimum atomic E-state index is 0.110. The Bertz CT molecular complexity index is 411. The molecule has 1 aromatic carbocycles. The van der Waals surface area contributed by atoms with Crippen molar-refractivity contribution in [2.24, 2.45) is 11.7 Å². The Balaban J connectivity index is 2.07. The number of amides is 1. The van der Waals surface area contributed by atoms with E-state index in [9.17, 15) is 4.79 Å². The Hall–Kier alpha value is -1.55. The molecule has 0 spiro atoms. The number of hydrogen-bond acceptors (Lipinski definition) is 3. The first-order valence-electron chi connectivity index (χ1n) is 5.88. The number of anilines is 1. The maximum atomic E-state index is 12.1. The van der Waals surface area contributed by atoms with Gasteiger partial charge in [-0.25, -0.2) is 0 Å². The van der Waals surface area contributed by atoms with Crippen LogP contribution in [0.4, 0.5) is 5.69 Å². The number of carbonyl (C=O) groups is 1. The normalized spacial score (nSPS) is 15.6. The second-order valence-corrected chi connectivity index (χ2v) is 4.76. The molecular weight excluding hydrogens is 214 g/mol. The number of rotatable bonds is 3. The highest BCUT2D eigenvalue weighted by atomic mass is 16.2. The smallest absolute Gasteiger partial charge is 0.253 e. The van der Waals surface area contributed by atoms with Gasteiger partial charge in [0.15, 0.2) is 0 Å². The number of benzene rings is 1. The zero-order chi connectivity index (χ0) is 12.4. The molecule has 0 bridgehead atoms. The van der Waals surface area contributed by atoms with Crippen LogP contribution in [0.15, 0.2) is 24.3 Å². The van der Waals surface area contributed by atoms with Crippen LogP contribution in [0, 0.1) is 5.92 Å². The van der Waals surface area contributed by atoms with Crippen LogP contribution in [0.25, 0.3) is 0 Å². The summed E-state index contributed by atoms with van der Waals surface area (Å²) < 4.78 is 0. The van der Waals surface area contributed by atoms with Crippen molar-refractivity contribution in [3.8, 4) is 0 Å². The summed E-state index contributed by atoms with van der Waals surface area (Å²) in [5, 5.41) is 0. The fourth-order valence-electron chi connectivity index (χ4n) is 1.98. The first-order chi connectivity index (χ1) is 8.11. The summed E-state index contributed by atoms with van der Waals surface area (Å²) in [6.07, 6.45) is 0. The van der Waals surface area contributed by atoms with Crippen LogP contribution in [0.1, 0.15) is 10.4 Å². The number of likely N-dealkylation sites (tertiary alicyclic amines) is 1. The highest BCUT2D eigenvalue weighted by molar-refractivity contribution is 5.95. The van der Waals surface area contributed by atoms with Crippen molar-refractivity contribution in [1.82, 2.24) is 4.90 Å². The van der Waals surface area contributed by atoms with Crippen molar-refractivity contribution in [2.75, 3.05) is 38.6 Å². The summed E-state index contributed by atoms with van der Waals surface area (Å²) in [7, 11) is 3.94. The molecule has 1 heterocycles. The molecule has 4 nitrogen and oxygen atoms in total. The van der Waals surface area contributed by atoms with Gasteiger partial charge in [-0.2, -0.15) is 0 Å². The van der Waals surface area contributed by atoms with Crippen LogP contribution in [-0.4, -0.2) is 44.5 Å². The third-order valence-corrected chi connectivity index (χ3v) is 3.19. The Labute approximate surface area is 102 Å². The second-order valence-electron chi connectivity index (χ2n) is 4.76. The van der Waals surface area contributed by atoms with Gasteiger partial charge in [0.25, 0.3) is 5.91 Å². The van der Waals surface area contributed by atoms with Gasteiger partial charge in [0, 0.05) is 44.4 Å². The molecule has 1 saturated heterocycles. The standard InChI is InChI=1S/C13H19N3O/c1-15(2)12-5-3-4-11(6-12)13(17)16-8-10(7-14)9-16/h3-6,10H,7-9,14H2,1-2H3. The van der Waals surface area contributed by atoms with Crippen molar-refractivity contribution in [3.05, 3.63) is 29.8 Å². The van der Waals surface area contributed by atoms with E-state index in [0.717, 1.165) is 24.3 Å². The number of carbonyl (C=O) groups excluding carboxylic acids is 1. The Morgan fingerprint density at radius 3 is 2.76 bits per heavy atom. The summed E-state index contributed by atoms with van der Waals surface area (Å²) in [4.78, 5) is 16.0. The average Bonchev–Trinajstić information content (AvgIpc) is 2.27. The summed E-state index contributed by atoms with van der Waals surface area (Å²) in [5.74, 6) is 0.592. The van der Waals surface area contributed by atoms with Gasteiger partial charge >= 0.3 is 0 Å². The largest absolute Gasteiger partial charge is 0.378 e. The molecule has 0 aromatic heterocycles. The van der Waals surface area contributed by atoms with E-state index in [0.29, 0.717) is 12.5 Å². The third kappa shape index (κ3) is 2.42. The Morgan fingerprint density at radius 1 is 1.47 bits per heavy atom. The minimum Gasteiger partial charge on any atom is -0.378 e. The SMILES string of the molecule is CN(C)c1cccc(C(=O)N2CC(CN)C2)c1. The molecule has 1 aliphatic heterocycles. The summed E-state index contributed by atoms with van der Waals surface area (Å²) in [6.45, 7) is 2.25. The molecule has 1 aromatic rings. The van der Waals surface area contributed by atoms with Crippen LogP contribution in [0.3, 0.4) is 0 Å². The third-order valence-electron chi connectivity index (χ3n) is 3.19. The van der Waals surface area contributed by atoms with E-state index >= 15 is 0 Å². The average molecular weight is 233 g/mol. The van der Waals surface area contributed by atoms with Gasteiger partial charge in [-0.15, -0.1) is 0 Å². The Morgan fingerprint density at radius 2 is 2.18 bits per heavy atom. The zero-order valence-corrected chi connectivity index (χ0v) is 10.4.